The van der Waals surface area contributed by atoms with E-state index in [4.69, 9.17) is 9.84 Å². The van der Waals surface area contributed by atoms with Crippen molar-refractivity contribution in [2.75, 3.05) is 7.11 Å². The molecule has 0 aliphatic rings. The highest BCUT2D eigenvalue weighted by Crippen LogP contribution is 2.23. The number of hydrogen-bond donors (Lipinski definition) is 1. The number of carboxylic acid groups (broad SMARTS) is 1. The zero-order chi connectivity index (χ0) is 14.8. The van der Waals surface area contributed by atoms with Crippen LogP contribution in [0.3, 0.4) is 0 Å². The largest absolute Gasteiger partial charge is 0.496 e. The van der Waals surface area contributed by atoms with Crippen molar-refractivity contribution in [2.45, 2.75) is 45.4 Å². The lowest BCUT2D eigenvalue weighted by atomic mass is 10.0. The van der Waals surface area contributed by atoms with E-state index in [1.54, 1.807) is 13.2 Å². The first kappa shape index (κ1) is 16.3. The molecule has 1 aromatic rings. The highest BCUT2D eigenvalue weighted by Gasteiger charge is 2.04. The molecule has 0 fully saturated rings. The second kappa shape index (κ2) is 9.18. The predicted molar refractivity (Wildman–Crippen MR) is 82.1 cm³/mol. The first-order chi connectivity index (χ1) is 9.67. The monoisotopic (exact) mass is 276 g/mol. The number of carbonyl (C=O) groups is 1. The molecule has 3 heteroatoms. The highest BCUT2D eigenvalue weighted by molar-refractivity contribution is 5.85. The summed E-state index contributed by atoms with van der Waals surface area (Å²) in [6.45, 7) is 2.21. The molecular formula is C17H24O3. The van der Waals surface area contributed by atoms with E-state index in [1.807, 2.05) is 18.2 Å². The molecule has 1 rings (SSSR count). The fourth-order valence-electron chi connectivity index (χ4n) is 2.18. The maximum absolute atomic E-state index is 10.5. The maximum Gasteiger partial charge on any atom is 0.328 e. The van der Waals surface area contributed by atoms with Crippen molar-refractivity contribution in [3.05, 3.63) is 35.4 Å². The fraction of sp³-hybridized carbons (Fsp3) is 0.471. The van der Waals surface area contributed by atoms with Crippen LogP contribution in [0, 0.1) is 0 Å². The zero-order valence-electron chi connectivity index (χ0n) is 12.4. The number of methoxy groups -OCH3 is 1. The molecule has 20 heavy (non-hydrogen) atoms. The molecular weight excluding hydrogens is 252 g/mol. The number of rotatable bonds is 9. The molecule has 0 amide bonds. The quantitative estimate of drug-likeness (QED) is 0.540. The molecule has 0 bridgehead atoms. The molecule has 0 aliphatic heterocycles. The molecule has 0 aliphatic carbocycles. The summed E-state index contributed by atoms with van der Waals surface area (Å²) in [6, 6.07) is 5.79. The third-order valence-electron chi connectivity index (χ3n) is 3.27. The first-order valence-corrected chi connectivity index (χ1v) is 7.25. The Morgan fingerprint density at radius 1 is 1.25 bits per heavy atom. The second-order valence-electron chi connectivity index (χ2n) is 4.91. The Bertz CT molecular complexity index is 450. The van der Waals surface area contributed by atoms with E-state index in [-0.39, 0.29) is 0 Å². The van der Waals surface area contributed by atoms with Gasteiger partial charge in [-0.25, -0.2) is 4.79 Å². The maximum atomic E-state index is 10.5. The highest BCUT2D eigenvalue weighted by atomic mass is 16.5. The fourth-order valence-corrected chi connectivity index (χ4v) is 2.18. The normalized spacial score (nSPS) is 10.9. The van der Waals surface area contributed by atoms with Gasteiger partial charge in [-0.3, -0.25) is 0 Å². The smallest absolute Gasteiger partial charge is 0.328 e. The SMILES string of the molecule is CCCCCCCc1cc(C=CC(=O)O)ccc1OC. The van der Waals surface area contributed by atoms with Crippen LogP contribution in [0.1, 0.15) is 50.2 Å². The van der Waals surface area contributed by atoms with Gasteiger partial charge in [0.25, 0.3) is 0 Å². The lowest BCUT2D eigenvalue weighted by Crippen LogP contribution is -1.94. The van der Waals surface area contributed by atoms with Gasteiger partial charge in [-0.15, -0.1) is 0 Å². The molecule has 110 valence electrons. The van der Waals surface area contributed by atoms with Crippen LogP contribution < -0.4 is 4.74 Å². The summed E-state index contributed by atoms with van der Waals surface area (Å²) < 4.78 is 5.36. The van der Waals surface area contributed by atoms with Crippen LogP contribution in [-0.4, -0.2) is 18.2 Å². The Morgan fingerprint density at radius 3 is 2.65 bits per heavy atom. The second-order valence-corrected chi connectivity index (χ2v) is 4.91. The van der Waals surface area contributed by atoms with Crippen molar-refractivity contribution < 1.29 is 14.6 Å². The van der Waals surface area contributed by atoms with Gasteiger partial charge in [-0.2, -0.15) is 0 Å². The lowest BCUT2D eigenvalue weighted by molar-refractivity contribution is -0.131. The van der Waals surface area contributed by atoms with Crippen molar-refractivity contribution in [3.8, 4) is 5.75 Å². The summed E-state index contributed by atoms with van der Waals surface area (Å²) in [5, 5.41) is 8.66. The average Bonchev–Trinajstić information content (AvgIpc) is 2.45. The molecule has 1 aromatic carbocycles. The van der Waals surface area contributed by atoms with Crippen LogP contribution in [-0.2, 0) is 11.2 Å². The van der Waals surface area contributed by atoms with E-state index >= 15 is 0 Å². The van der Waals surface area contributed by atoms with Crippen LogP contribution in [0.25, 0.3) is 6.08 Å². The topological polar surface area (TPSA) is 46.5 Å². The predicted octanol–water partition coefficient (Wildman–Crippen LogP) is 4.31. The number of aryl methyl sites for hydroxylation is 1. The Kier molecular flexibility index (Phi) is 7.48. The Labute approximate surface area is 121 Å². The Morgan fingerprint density at radius 2 is 2.00 bits per heavy atom. The molecule has 1 N–H and O–H groups in total. The van der Waals surface area contributed by atoms with Gasteiger partial charge in [0.1, 0.15) is 5.75 Å². The van der Waals surface area contributed by atoms with E-state index in [0.29, 0.717) is 0 Å². The van der Waals surface area contributed by atoms with Crippen molar-refractivity contribution in [1.29, 1.82) is 0 Å². The summed E-state index contributed by atoms with van der Waals surface area (Å²) >= 11 is 0. The van der Waals surface area contributed by atoms with Gasteiger partial charge >= 0.3 is 5.97 Å². The molecule has 0 heterocycles. The molecule has 3 nitrogen and oxygen atoms in total. The van der Waals surface area contributed by atoms with Crippen molar-refractivity contribution in [3.63, 3.8) is 0 Å². The van der Waals surface area contributed by atoms with Gasteiger partial charge in [-0.1, -0.05) is 38.7 Å². The van der Waals surface area contributed by atoms with E-state index in [9.17, 15) is 4.79 Å². The van der Waals surface area contributed by atoms with Gasteiger partial charge in [0.15, 0.2) is 0 Å². The van der Waals surface area contributed by atoms with Crippen molar-refractivity contribution >= 4 is 12.0 Å². The number of aliphatic carboxylic acids is 1. The molecule has 0 saturated carbocycles. The summed E-state index contributed by atoms with van der Waals surface area (Å²) in [5.41, 5.74) is 2.05. The molecule has 0 radical (unpaired) electrons. The molecule has 0 saturated heterocycles. The van der Waals surface area contributed by atoms with E-state index in [2.05, 4.69) is 6.92 Å². The first-order valence-electron chi connectivity index (χ1n) is 7.25. The van der Waals surface area contributed by atoms with Crippen LogP contribution in [0.2, 0.25) is 0 Å². The minimum Gasteiger partial charge on any atom is -0.496 e. The van der Waals surface area contributed by atoms with Gasteiger partial charge in [0, 0.05) is 6.08 Å². The molecule has 0 aromatic heterocycles. The zero-order valence-corrected chi connectivity index (χ0v) is 12.4. The van der Waals surface area contributed by atoms with Gasteiger partial charge < -0.3 is 9.84 Å². The average molecular weight is 276 g/mol. The summed E-state index contributed by atoms with van der Waals surface area (Å²) in [5.74, 6) is -0.0464. The number of carboxylic acids is 1. The van der Waals surface area contributed by atoms with Crippen LogP contribution >= 0.6 is 0 Å². The standard InChI is InChI=1S/C17H24O3/c1-3-4-5-6-7-8-15-13-14(10-12-17(18)19)9-11-16(15)20-2/h9-13H,3-8H2,1-2H3,(H,18,19). The Hall–Kier alpha value is -1.77. The van der Waals surface area contributed by atoms with Crippen LogP contribution in [0.15, 0.2) is 24.3 Å². The number of benzene rings is 1. The third kappa shape index (κ3) is 5.91. The molecule has 0 atom stereocenters. The summed E-state index contributed by atoms with van der Waals surface area (Å²) in [7, 11) is 1.67. The minimum absolute atomic E-state index is 0.882. The van der Waals surface area contributed by atoms with Crippen molar-refractivity contribution in [1.82, 2.24) is 0 Å². The van der Waals surface area contributed by atoms with Gasteiger partial charge in [0.2, 0.25) is 0 Å². The third-order valence-corrected chi connectivity index (χ3v) is 3.27. The summed E-state index contributed by atoms with van der Waals surface area (Å²) in [4.78, 5) is 10.5. The molecule has 0 unspecified atom stereocenters. The van der Waals surface area contributed by atoms with Crippen LogP contribution in [0.5, 0.6) is 5.75 Å². The van der Waals surface area contributed by atoms with E-state index in [0.717, 1.165) is 35.8 Å². The van der Waals surface area contributed by atoms with Gasteiger partial charge in [-0.05, 0) is 42.2 Å². The Balaban J connectivity index is 2.66. The number of ether oxygens (including phenoxy) is 1. The van der Waals surface area contributed by atoms with Gasteiger partial charge in [0.05, 0.1) is 7.11 Å². The lowest BCUT2D eigenvalue weighted by Gasteiger charge is -2.09. The number of unbranched alkanes of at least 4 members (excludes halogenated alkanes) is 4. The van der Waals surface area contributed by atoms with Crippen molar-refractivity contribution in [2.24, 2.45) is 0 Å². The molecule has 0 spiro atoms. The summed E-state index contributed by atoms with van der Waals surface area (Å²) in [6.07, 6.45) is 9.93. The van der Waals surface area contributed by atoms with E-state index in [1.165, 1.54) is 25.7 Å². The van der Waals surface area contributed by atoms with E-state index < -0.39 is 5.97 Å². The minimum atomic E-state index is -0.929. The van der Waals surface area contributed by atoms with Crippen LogP contribution in [0.4, 0.5) is 0 Å². The number of hydrogen-bond acceptors (Lipinski definition) is 2.